The van der Waals surface area contributed by atoms with Crippen molar-refractivity contribution < 1.29 is 19.4 Å². The third-order valence-corrected chi connectivity index (χ3v) is 9.07. The Morgan fingerprint density at radius 1 is 1.23 bits per heavy atom. The molecule has 1 saturated carbocycles. The molecule has 2 aromatic carbocycles. The van der Waals surface area contributed by atoms with Gasteiger partial charge in [0.2, 0.25) is 5.91 Å². The van der Waals surface area contributed by atoms with Gasteiger partial charge in [-0.3, -0.25) is 19.9 Å². The number of carbonyl (C=O) groups excluding carboxylic acids is 2. The molecule has 8 heteroatoms. The van der Waals surface area contributed by atoms with Crippen LogP contribution in [0.4, 0.5) is 0 Å². The second-order valence-electron chi connectivity index (χ2n) is 11.1. The number of fused-ring (bicyclic) bond motifs is 2. The molecule has 0 radical (unpaired) electrons. The number of amides is 2. The molecule has 1 aliphatic heterocycles. The quantitative estimate of drug-likeness (QED) is 0.414. The second kappa shape index (κ2) is 10.7. The molecule has 206 valence electrons. The lowest BCUT2D eigenvalue weighted by atomic mass is 9.86. The molecule has 2 unspecified atom stereocenters. The Balaban J connectivity index is 1.38. The first-order valence-corrected chi connectivity index (χ1v) is 13.9. The molecule has 2 aromatic rings. The van der Waals surface area contributed by atoms with Gasteiger partial charge in [-0.1, -0.05) is 50.2 Å². The van der Waals surface area contributed by atoms with Crippen LogP contribution < -0.4 is 5.32 Å². The molecule has 5 rings (SSSR count). The fourth-order valence-corrected chi connectivity index (χ4v) is 6.41. The van der Waals surface area contributed by atoms with Gasteiger partial charge in [0.05, 0.1) is 18.6 Å². The number of aliphatic hydroxyl groups excluding tert-OH is 1. The SMILES string of the molecule is CCC1(CC)CC(=O)N(C(CCOC)c2cccc(C(=O)/N=C\C3c4ccccc4C4(CC4)[C@@H]3O)c2)C(=N)N1. The van der Waals surface area contributed by atoms with Gasteiger partial charge in [-0.15, -0.1) is 0 Å². The Hall–Kier alpha value is -3.36. The summed E-state index contributed by atoms with van der Waals surface area (Å²) in [6, 6.07) is 14.7. The number of hydrogen-bond acceptors (Lipinski definition) is 5. The summed E-state index contributed by atoms with van der Waals surface area (Å²) < 4.78 is 5.33. The zero-order valence-corrected chi connectivity index (χ0v) is 22.9. The molecular weight excluding hydrogens is 492 g/mol. The highest BCUT2D eigenvalue weighted by atomic mass is 16.5. The molecule has 2 aliphatic carbocycles. The minimum Gasteiger partial charge on any atom is -0.391 e. The van der Waals surface area contributed by atoms with Crippen molar-refractivity contribution in [2.24, 2.45) is 4.99 Å². The van der Waals surface area contributed by atoms with E-state index in [0.29, 0.717) is 25.0 Å². The lowest BCUT2D eigenvalue weighted by molar-refractivity contribution is -0.133. The highest BCUT2D eigenvalue weighted by molar-refractivity contribution is 6.01. The van der Waals surface area contributed by atoms with Crippen molar-refractivity contribution >= 4 is 24.0 Å². The van der Waals surface area contributed by atoms with Gasteiger partial charge >= 0.3 is 0 Å². The first-order valence-electron chi connectivity index (χ1n) is 13.9. The predicted molar refractivity (Wildman–Crippen MR) is 150 cm³/mol. The molecular formula is C31H38N4O4. The summed E-state index contributed by atoms with van der Waals surface area (Å²) in [6.07, 6.45) is 5.19. The van der Waals surface area contributed by atoms with Gasteiger partial charge < -0.3 is 15.2 Å². The Morgan fingerprint density at radius 2 is 1.97 bits per heavy atom. The minimum absolute atomic E-state index is 0.0775. The van der Waals surface area contributed by atoms with Gasteiger partial charge in [0.1, 0.15) is 0 Å². The molecule has 0 aromatic heterocycles. The van der Waals surface area contributed by atoms with E-state index >= 15 is 0 Å². The number of methoxy groups -OCH3 is 1. The number of guanidine groups is 1. The normalized spacial score (nSPS) is 23.6. The Labute approximate surface area is 230 Å². The van der Waals surface area contributed by atoms with Crippen LogP contribution in [0.3, 0.4) is 0 Å². The van der Waals surface area contributed by atoms with Crippen molar-refractivity contribution in [3.05, 3.63) is 70.8 Å². The predicted octanol–water partition coefficient (Wildman–Crippen LogP) is 4.48. The van der Waals surface area contributed by atoms with Crippen molar-refractivity contribution in [3.8, 4) is 0 Å². The second-order valence-corrected chi connectivity index (χ2v) is 11.1. The molecule has 0 bridgehead atoms. The summed E-state index contributed by atoms with van der Waals surface area (Å²) in [6.45, 7) is 4.45. The Bertz CT molecular complexity index is 1280. The molecule has 1 heterocycles. The van der Waals surface area contributed by atoms with Crippen LogP contribution in [0.15, 0.2) is 53.5 Å². The fraction of sp³-hybridized carbons (Fsp3) is 0.484. The van der Waals surface area contributed by atoms with E-state index < -0.39 is 23.6 Å². The van der Waals surface area contributed by atoms with Gasteiger partial charge in [-0.25, -0.2) is 4.99 Å². The van der Waals surface area contributed by atoms with Gasteiger partial charge in [-0.05, 0) is 60.9 Å². The maximum atomic E-state index is 13.4. The van der Waals surface area contributed by atoms with Gasteiger partial charge in [-0.2, -0.15) is 0 Å². The van der Waals surface area contributed by atoms with Crippen LogP contribution >= 0.6 is 0 Å². The van der Waals surface area contributed by atoms with Crippen molar-refractivity contribution in [2.45, 2.75) is 81.4 Å². The number of ether oxygens (including phenoxy) is 1. The lowest BCUT2D eigenvalue weighted by Crippen LogP contribution is -2.62. The van der Waals surface area contributed by atoms with E-state index in [4.69, 9.17) is 10.1 Å². The molecule has 3 atom stereocenters. The number of rotatable bonds is 9. The summed E-state index contributed by atoms with van der Waals surface area (Å²) in [4.78, 5) is 32.4. The topological polar surface area (TPSA) is 115 Å². The fourth-order valence-electron chi connectivity index (χ4n) is 6.41. The summed E-state index contributed by atoms with van der Waals surface area (Å²) in [5.41, 5.74) is 2.74. The van der Waals surface area contributed by atoms with E-state index in [1.54, 1.807) is 31.5 Å². The largest absolute Gasteiger partial charge is 0.391 e. The summed E-state index contributed by atoms with van der Waals surface area (Å²) in [5, 5.41) is 23.1. The van der Waals surface area contributed by atoms with E-state index in [2.05, 4.69) is 16.4 Å². The monoisotopic (exact) mass is 530 g/mol. The number of nitrogens with zero attached hydrogens (tertiary/aromatic N) is 2. The lowest BCUT2D eigenvalue weighted by Gasteiger charge is -2.45. The van der Waals surface area contributed by atoms with Gasteiger partial charge in [0, 0.05) is 42.4 Å². The molecule has 3 N–H and O–H groups in total. The first kappa shape index (κ1) is 27.2. The average Bonchev–Trinajstić information content (AvgIpc) is 3.72. The first-order chi connectivity index (χ1) is 18.8. The Morgan fingerprint density at radius 3 is 2.64 bits per heavy atom. The van der Waals surface area contributed by atoms with Crippen LogP contribution in [0.5, 0.6) is 0 Å². The van der Waals surface area contributed by atoms with E-state index in [1.165, 1.54) is 10.5 Å². The van der Waals surface area contributed by atoms with Gasteiger partial charge in [0.25, 0.3) is 5.91 Å². The molecule has 1 saturated heterocycles. The Kier molecular flexibility index (Phi) is 7.44. The van der Waals surface area contributed by atoms with Crippen molar-refractivity contribution in [1.82, 2.24) is 10.2 Å². The number of hydrogen-bond donors (Lipinski definition) is 3. The summed E-state index contributed by atoms with van der Waals surface area (Å²) in [7, 11) is 1.61. The number of nitrogens with one attached hydrogen (secondary N) is 2. The maximum absolute atomic E-state index is 13.4. The minimum atomic E-state index is -0.585. The highest BCUT2D eigenvalue weighted by Gasteiger charge is 2.58. The van der Waals surface area contributed by atoms with E-state index in [1.807, 2.05) is 38.1 Å². The summed E-state index contributed by atoms with van der Waals surface area (Å²) in [5.74, 6) is -0.756. The van der Waals surface area contributed by atoms with Crippen molar-refractivity contribution in [3.63, 3.8) is 0 Å². The third-order valence-electron chi connectivity index (χ3n) is 9.07. The zero-order valence-electron chi connectivity index (χ0n) is 22.9. The van der Waals surface area contributed by atoms with Crippen molar-refractivity contribution in [2.75, 3.05) is 13.7 Å². The van der Waals surface area contributed by atoms with Crippen LogP contribution in [0.2, 0.25) is 0 Å². The van der Waals surface area contributed by atoms with Crippen LogP contribution in [0.1, 0.15) is 91.4 Å². The van der Waals surface area contributed by atoms with Crippen molar-refractivity contribution in [1.29, 1.82) is 5.41 Å². The highest BCUT2D eigenvalue weighted by Crippen LogP contribution is 2.60. The number of aliphatic imine (C=N–C) groups is 1. The molecule has 39 heavy (non-hydrogen) atoms. The molecule has 1 spiro atoms. The third kappa shape index (κ3) is 4.80. The average molecular weight is 531 g/mol. The van der Waals surface area contributed by atoms with Crippen LogP contribution in [-0.4, -0.2) is 59.4 Å². The molecule has 8 nitrogen and oxygen atoms in total. The van der Waals surface area contributed by atoms with Crippen LogP contribution in [0.25, 0.3) is 0 Å². The van der Waals surface area contributed by atoms with Gasteiger partial charge in [0.15, 0.2) is 5.96 Å². The number of aliphatic hydroxyl groups is 1. The maximum Gasteiger partial charge on any atom is 0.276 e. The van der Waals surface area contributed by atoms with Crippen LogP contribution in [0, 0.1) is 5.41 Å². The number of carbonyl (C=O) groups is 2. The van der Waals surface area contributed by atoms with Crippen LogP contribution in [-0.2, 0) is 14.9 Å². The molecule has 2 amide bonds. The molecule has 2 fully saturated rings. The summed E-state index contributed by atoms with van der Waals surface area (Å²) >= 11 is 0. The zero-order chi connectivity index (χ0) is 27.8. The standard InChI is InChI=1S/C31H38N4O4/c1-4-30(5-2)18-26(36)35(29(32)34-30)25(13-16-39-3)20-9-8-10-21(17-20)28(38)33-19-23-22-11-6-7-12-24(22)31(14-15-31)27(23)37/h6-12,17,19,23,25,27,37H,4-5,13-16,18H2,1-3H3,(H2,32,34)/b33-19-/t23?,25?,27-/m1/s1. The molecule has 3 aliphatic rings. The number of benzene rings is 2. The smallest absolute Gasteiger partial charge is 0.276 e. The van der Waals surface area contributed by atoms with E-state index in [0.717, 1.165) is 36.8 Å². The van der Waals surface area contributed by atoms with E-state index in [9.17, 15) is 14.7 Å². The van der Waals surface area contributed by atoms with E-state index in [-0.39, 0.29) is 23.2 Å².